The number of carboxylic acid groups (broad SMARTS) is 1. The maximum absolute atomic E-state index is 13.7. The largest absolute Gasteiger partial charge is 0.476 e. The highest BCUT2D eigenvalue weighted by molar-refractivity contribution is 5.86. The normalized spacial score (nSPS) is 11.7. The van der Waals surface area contributed by atoms with Gasteiger partial charge in [0.25, 0.3) is 0 Å². The van der Waals surface area contributed by atoms with Crippen LogP contribution in [0.1, 0.15) is 42.5 Å². The third-order valence-corrected chi connectivity index (χ3v) is 3.00. The summed E-state index contributed by atoms with van der Waals surface area (Å²) in [6.45, 7) is 5.32. The fraction of sp³-hybridized carbons (Fsp3) is 0.357. The number of halogens is 2. The van der Waals surface area contributed by atoms with Crippen LogP contribution in [0.4, 0.5) is 8.78 Å². The lowest BCUT2D eigenvalue weighted by Crippen LogP contribution is -2.22. The SMILES string of the molecule is CC(C)(C)c1c(C(=O)O)nnn1Cc1cccc(F)c1F. The molecule has 0 fully saturated rings. The molecule has 0 saturated heterocycles. The van der Waals surface area contributed by atoms with E-state index in [1.807, 2.05) is 0 Å². The van der Waals surface area contributed by atoms with Gasteiger partial charge in [0.15, 0.2) is 17.3 Å². The molecule has 0 saturated carbocycles. The van der Waals surface area contributed by atoms with E-state index in [0.717, 1.165) is 6.07 Å². The molecule has 7 heteroatoms. The van der Waals surface area contributed by atoms with Gasteiger partial charge in [0.2, 0.25) is 0 Å². The highest BCUT2D eigenvalue weighted by Crippen LogP contribution is 2.25. The minimum Gasteiger partial charge on any atom is -0.476 e. The van der Waals surface area contributed by atoms with Crippen molar-refractivity contribution in [3.8, 4) is 0 Å². The first-order valence-electron chi connectivity index (χ1n) is 6.32. The minimum atomic E-state index is -1.20. The van der Waals surface area contributed by atoms with Gasteiger partial charge in [0.05, 0.1) is 12.2 Å². The van der Waals surface area contributed by atoms with Crippen molar-refractivity contribution in [1.29, 1.82) is 0 Å². The maximum Gasteiger partial charge on any atom is 0.358 e. The molecule has 0 bridgehead atoms. The van der Waals surface area contributed by atoms with Gasteiger partial charge in [0, 0.05) is 11.0 Å². The zero-order chi connectivity index (χ0) is 15.8. The zero-order valence-electron chi connectivity index (χ0n) is 11.9. The van der Waals surface area contributed by atoms with E-state index in [1.54, 1.807) is 20.8 Å². The first kappa shape index (κ1) is 15.1. The van der Waals surface area contributed by atoms with E-state index in [0.29, 0.717) is 5.69 Å². The average Bonchev–Trinajstić information content (AvgIpc) is 2.79. The lowest BCUT2D eigenvalue weighted by Gasteiger charge is -2.20. The number of carbonyl (C=O) groups is 1. The van der Waals surface area contributed by atoms with Crippen LogP contribution in [-0.4, -0.2) is 26.1 Å². The van der Waals surface area contributed by atoms with E-state index in [1.165, 1.54) is 16.8 Å². The van der Waals surface area contributed by atoms with Crippen molar-refractivity contribution < 1.29 is 18.7 Å². The number of nitrogens with zero attached hydrogens (tertiary/aromatic N) is 3. The fourth-order valence-electron chi connectivity index (χ4n) is 2.14. The Labute approximate surface area is 120 Å². The van der Waals surface area contributed by atoms with Crippen LogP contribution in [0.25, 0.3) is 0 Å². The van der Waals surface area contributed by atoms with Crippen molar-refractivity contribution in [3.63, 3.8) is 0 Å². The first-order valence-corrected chi connectivity index (χ1v) is 6.32. The van der Waals surface area contributed by atoms with E-state index >= 15 is 0 Å². The molecular weight excluding hydrogens is 280 g/mol. The van der Waals surface area contributed by atoms with Gasteiger partial charge < -0.3 is 5.11 Å². The van der Waals surface area contributed by atoms with Gasteiger partial charge in [-0.2, -0.15) is 0 Å². The van der Waals surface area contributed by atoms with Gasteiger partial charge >= 0.3 is 5.97 Å². The second-order valence-electron chi connectivity index (χ2n) is 5.71. The Kier molecular flexibility index (Phi) is 3.76. The standard InChI is InChI=1S/C14H15F2N3O2/c1-14(2,3)12-11(13(20)21)17-18-19(12)7-8-5-4-6-9(15)10(8)16/h4-6H,7H2,1-3H3,(H,20,21). The van der Waals surface area contributed by atoms with Crippen molar-refractivity contribution in [2.24, 2.45) is 0 Å². The number of benzene rings is 1. The van der Waals surface area contributed by atoms with Gasteiger partial charge in [-0.25, -0.2) is 18.3 Å². The molecule has 0 aliphatic rings. The quantitative estimate of drug-likeness (QED) is 0.945. The summed E-state index contributed by atoms with van der Waals surface area (Å²) < 4.78 is 28.3. The van der Waals surface area contributed by atoms with Gasteiger partial charge in [-0.1, -0.05) is 38.1 Å². The van der Waals surface area contributed by atoms with Crippen molar-refractivity contribution in [2.75, 3.05) is 0 Å². The molecule has 21 heavy (non-hydrogen) atoms. The molecule has 0 aliphatic heterocycles. The van der Waals surface area contributed by atoms with Gasteiger partial charge in [-0.3, -0.25) is 0 Å². The van der Waals surface area contributed by atoms with Crippen molar-refractivity contribution in [2.45, 2.75) is 32.7 Å². The average molecular weight is 295 g/mol. The number of hydrogen-bond acceptors (Lipinski definition) is 3. The van der Waals surface area contributed by atoms with Crippen molar-refractivity contribution in [3.05, 3.63) is 46.8 Å². The monoisotopic (exact) mass is 295 g/mol. The van der Waals surface area contributed by atoms with Crippen LogP contribution in [0, 0.1) is 11.6 Å². The fourth-order valence-corrected chi connectivity index (χ4v) is 2.14. The van der Waals surface area contributed by atoms with Gasteiger partial charge in [-0.05, 0) is 6.07 Å². The summed E-state index contributed by atoms with van der Waals surface area (Å²) in [5, 5.41) is 16.6. The molecule has 0 amide bonds. The number of aromatic nitrogens is 3. The number of carboxylic acids is 1. The Morgan fingerprint density at radius 3 is 2.57 bits per heavy atom. The zero-order valence-corrected chi connectivity index (χ0v) is 11.9. The summed E-state index contributed by atoms with van der Waals surface area (Å²) in [5.74, 6) is -3.13. The van der Waals surface area contributed by atoms with Crippen molar-refractivity contribution in [1.82, 2.24) is 15.0 Å². The Morgan fingerprint density at radius 1 is 1.33 bits per heavy atom. The van der Waals surface area contributed by atoms with Crippen molar-refractivity contribution >= 4 is 5.97 Å². The minimum absolute atomic E-state index is 0.0855. The highest BCUT2D eigenvalue weighted by atomic mass is 19.2. The van der Waals surface area contributed by atoms with E-state index in [4.69, 9.17) is 5.11 Å². The van der Waals surface area contributed by atoms with Crippen LogP contribution in [0.5, 0.6) is 0 Å². The molecule has 0 radical (unpaired) electrons. The molecule has 112 valence electrons. The van der Waals surface area contributed by atoms with Crippen LogP contribution < -0.4 is 0 Å². The summed E-state index contributed by atoms with van der Waals surface area (Å²) in [7, 11) is 0. The molecule has 0 aliphatic carbocycles. The van der Waals surface area contributed by atoms with Gasteiger partial charge in [-0.15, -0.1) is 5.10 Å². The number of aromatic carboxylic acids is 1. The first-order chi connectivity index (χ1) is 9.71. The van der Waals surface area contributed by atoms with E-state index in [2.05, 4.69) is 10.3 Å². The van der Waals surface area contributed by atoms with Gasteiger partial charge in [0.1, 0.15) is 0 Å². The molecule has 2 rings (SSSR count). The number of hydrogen-bond donors (Lipinski definition) is 1. The molecule has 2 aromatic rings. The molecule has 0 unspecified atom stereocenters. The Balaban J connectivity index is 2.50. The Bertz CT molecular complexity index is 690. The summed E-state index contributed by atoms with van der Waals surface area (Å²) in [4.78, 5) is 11.2. The van der Waals surface area contributed by atoms with E-state index < -0.39 is 23.0 Å². The lowest BCUT2D eigenvalue weighted by atomic mass is 9.90. The van der Waals surface area contributed by atoms with Crippen LogP contribution >= 0.6 is 0 Å². The second kappa shape index (κ2) is 5.23. The molecular formula is C14H15F2N3O2. The molecule has 1 N–H and O–H groups in total. The summed E-state index contributed by atoms with van der Waals surface area (Å²) in [6.07, 6.45) is 0. The molecule has 5 nitrogen and oxygen atoms in total. The molecule has 1 aromatic carbocycles. The smallest absolute Gasteiger partial charge is 0.358 e. The Morgan fingerprint density at radius 2 is 2.00 bits per heavy atom. The maximum atomic E-state index is 13.7. The third kappa shape index (κ3) is 2.91. The predicted molar refractivity (Wildman–Crippen MR) is 71.1 cm³/mol. The molecule has 0 atom stereocenters. The topological polar surface area (TPSA) is 68.0 Å². The van der Waals surface area contributed by atoms with Crippen LogP contribution in [0.3, 0.4) is 0 Å². The van der Waals surface area contributed by atoms with Crippen LogP contribution in [0.15, 0.2) is 18.2 Å². The second-order valence-corrected chi connectivity index (χ2v) is 5.71. The molecule has 1 heterocycles. The Hall–Kier alpha value is -2.31. The summed E-state index contributed by atoms with van der Waals surface area (Å²) in [6, 6.07) is 3.83. The summed E-state index contributed by atoms with van der Waals surface area (Å²) >= 11 is 0. The predicted octanol–water partition coefficient (Wildman–Crippen LogP) is 2.60. The third-order valence-electron chi connectivity index (χ3n) is 3.00. The van der Waals surface area contributed by atoms with Crippen LogP contribution in [-0.2, 0) is 12.0 Å². The lowest BCUT2D eigenvalue weighted by molar-refractivity contribution is 0.0687. The van der Waals surface area contributed by atoms with Crippen LogP contribution in [0.2, 0.25) is 0 Å². The van der Waals surface area contributed by atoms with E-state index in [-0.39, 0.29) is 17.8 Å². The highest BCUT2D eigenvalue weighted by Gasteiger charge is 2.29. The summed E-state index contributed by atoms with van der Waals surface area (Å²) in [5.41, 5.74) is -0.290. The number of rotatable bonds is 3. The van der Waals surface area contributed by atoms with E-state index in [9.17, 15) is 13.6 Å². The molecule has 0 spiro atoms. The molecule has 1 aromatic heterocycles.